The van der Waals surface area contributed by atoms with E-state index in [-0.39, 0.29) is 13.2 Å². The number of aromatic amines is 1. The highest BCUT2D eigenvalue weighted by Crippen LogP contribution is 2.38. The van der Waals surface area contributed by atoms with Crippen molar-refractivity contribution in [2.24, 2.45) is 0 Å². The Kier molecular flexibility index (Phi) is 14.2. The predicted octanol–water partition coefficient (Wildman–Crippen LogP) is 3.75. The van der Waals surface area contributed by atoms with Crippen LogP contribution in [-0.4, -0.2) is 18.2 Å². The highest BCUT2D eigenvalue weighted by Gasteiger charge is 2.07. The molecule has 0 aliphatic carbocycles. The second-order valence-corrected chi connectivity index (χ2v) is 7.03. The first-order chi connectivity index (χ1) is 11.5. The highest BCUT2D eigenvalue weighted by atomic mass is 31.2. The zero-order valence-electron chi connectivity index (χ0n) is 15.8. The quantitative estimate of drug-likeness (QED) is 0.349. The van der Waals surface area contributed by atoms with Gasteiger partial charge in [-0.1, -0.05) is 40.0 Å². The van der Waals surface area contributed by atoms with Crippen LogP contribution in [-0.2, 0) is 26.6 Å². The lowest BCUT2D eigenvalue weighted by Crippen LogP contribution is -2.34. The van der Waals surface area contributed by atoms with Crippen molar-refractivity contribution in [1.82, 2.24) is 4.98 Å². The number of nitrogens with one attached hydrogen (secondary N) is 1. The molecule has 6 nitrogen and oxygen atoms in total. The number of imidazole rings is 1. The van der Waals surface area contributed by atoms with Crippen molar-refractivity contribution in [3.8, 4) is 0 Å². The van der Waals surface area contributed by atoms with Crippen LogP contribution < -0.4 is 9.46 Å². The summed E-state index contributed by atoms with van der Waals surface area (Å²) in [4.78, 5) is 14.2. The second kappa shape index (κ2) is 14.6. The van der Waals surface area contributed by atoms with E-state index >= 15 is 0 Å². The van der Waals surface area contributed by atoms with Crippen LogP contribution in [0.2, 0.25) is 0 Å². The summed E-state index contributed by atoms with van der Waals surface area (Å²) >= 11 is 0. The Morgan fingerprint density at radius 3 is 2.04 bits per heavy atom. The van der Waals surface area contributed by atoms with Gasteiger partial charge in [0, 0.05) is 6.42 Å². The molecule has 0 saturated heterocycles. The lowest BCUT2D eigenvalue weighted by Gasteiger charge is -2.22. The van der Waals surface area contributed by atoms with E-state index in [1.165, 1.54) is 25.1 Å². The normalized spacial score (nSPS) is 11.2. The first-order valence-corrected chi connectivity index (χ1v) is 10.6. The first-order valence-electron chi connectivity index (χ1n) is 9.16. The Labute approximate surface area is 147 Å². The summed E-state index contributed by atoms with van der Waals surface area (Å²) in [6.07, 6.45) is 11.1. The zero-order valence-corrected chi connectivity index (χ0v) is 16.6. The van der Waals surface area contributed by atoms with Gasteiger partial charge in [-0.3, -0.25) is 4.57 Å². The molecular formula is C17H35N2O4P. The molecule has 1 heterocycles. The van der Waals surface area contributed by atoms with Gasteiger partial charge in [0.2, 0.25) is 0 Å². The molecule has 0 bridgehead atoms. The predicted molar refractivity (Wildman–Crippen MR) is 94.6 cm³/mol. The van der Waals surface area contributed by atoms with Crippen molar-refractivity contribution in [1.29, 1.82) is 0 Å². The molecule has 7 heteroatoms. The molecule has 0 amide bonds. The minimum absolute atomic E-state index is 0.226. The number of hydrogen-bond acceptors (Lipinski definition) is 4. The lowest BCUT2D eigenvalue weighted by atomic mass is 10.2. The summed E-state index contributed by atoms with van der Waals surface area (Å²) in [5.74, 6) is 1.36. The maximum Gasteiger partial charge on any atom is 0.267 e. The Bertz CT molecular complexity index is 438. The number of hydrogen-bond donors (Lipinski definition) is 1. The van der Waals surface area contributed by atoms with Crippen LogP contribution in [0.15, 0.2) is 12.4 Å². The zero-order chi connectivity index (χ0) is 18.3. The van der Waals surface area contributed by atoms with Crippen molar-refractivity contribution < 1.29 is 23.1 Å². The summed E-state index contributed by atoms with van der Waals surface area (Å²) in [7, 11) is -4.00. The average Bonchev–Trinajstić information content (AvgIpc) is 3.01. The molecule has 1 aromatic heterocycles. The Hall–Kier alpha value is -0.680. The van der Waals surface area contributed by atoms with Gasteiger partial charge in [0.05, 0.1) is 19.8 Å². The van der Waals surface area contributed by atoms with E-state index in [1.807, 2.05) is 20.0 Å². The van der Waals surface area contributed by atoms with Crippen LogP contribution in [0.5, 0.6) is 0 Å². The largest absolute Gasteiger partial charge is 0.756 e. The molecule has 1 aromatic rings. The summed E-state index contributed by atoms with van der Waals surface area (Å²) in [5, 5.41) is 0. The third kappa shape index (κ3) is 11.8. The molecule has 0 aliphatic heterocycles. The van der Waals surface area contributed by atoms with E-state index in [4.69, 9.17) is 0 Å². The Morgan fingerprint density at radius 1 is 1.04 bits per heavy atom. The molecule has 24 heavy (non-hydrogen) atoms. The number of nitrogens with zero attached hydrogens (tertiary/aromatic N) is 1. The van der Waals surface area contributed by atoms with E-state index in [0.29, 0.717) is 0 Å². The molecule has 142 valence electrons. The molecule has 0 spiro atoms. The number of phosphoric ester groups is 1. The summed E-state index contributed by atoms with van der Waals surface area (Å²) < 4.78 is 22.4. The second-order valence-electron chi connectivity index (χ2n) is 5.62. The molecular weight excluding hydrogens is 327 g/mol. The van der Waals surface area contributed by atoms with Crippen molar-refractivity contribution >= 4 is 7.82 Å². The topological polar surface area (TPSA) is 78.3 Å². The standard InChI is InChI=1S/C9H16N2.C8H19O4P/c1-3-5-6-9-10-7-8-11(9)4-2;1-3-5-7-11-13(9,10)12-8-6-4-2/h7-8H,3-6H2,1-2H3;3-8H2,1-2H3,(H,9,10). The molecule has 0 radical (unpaired) electrons. The van der Waals surface area contributed by atoms with E-state index in [1.54, 1.807) is 0 Å². The number of phosphoric acid groups is 1. The fourth-order valence-corrected chi connectivity index (χ4v) is 2.71. The SMILES string of the molecule is CCCCOP(=O)([O-])OCCCC.CCCCc1[nH]cc[n+]1CC. The summed E-state index contributed by atoms with van der Waals surface area (Å²) in [6, 6.07) is 0. The maximum atomic E-state index is 11.0. The molecule has 1 rings (SSSR count). The Balaban J connectivity index is 0.000000446. The summed E-state index contributed by atoms with van der Waals surface area (Å²) in [6.45, 7) is 9.85. The average molecular weight is 362 g/mol. The van der Waals surface area contributed by atoms with Gasteiger partial charge < -0.3 is 13.9 Å². The van der Waals surface area contributed by atoms with Crippen LogP contribution in [0.1, 0.15) is 72.0 Å². The van der Waals surface area contributed by atoms with Crippen molar-refractivity contribution in [2.75, 3.05) is 13.2 Å². The molecule has 0 saturated carbocycles. The molecule has 1 N–H and O–H groups in total. The van der Waals surface area contributed by atoms with Gasteiger partial charge in [-0.05, 0) is 26.2 Å². The minimum atomic E-state index is -4.00. The fraction of sp³-hybridized carbons (Fsp3) is 0.824. The lowest BCUT2D eigenvalue weighted by molar-refractivity contribution is -0.699. The van der Waals surface area contributed by atoms with Gasteiger partial charge in [0.1, 0.15) is 12.4 Å². The Morgan fingerprint density at radius 2 is 1.58 bits per heavy atom. The van der Waals surface area contributed by atoms with Gasteiger partial charge in [-0.25, -0.2) is 9.55 Å². The number of unbranched alkanes of at least 4 members (excludes halogenated alkanes) is 3. The van der Waals surface area contributed by atoms with Crippen molar-refractivity contribution in [2.45, 2.75) is 79.2 Å². The van der Waals surface area contributed by atoms with Crippen LogP contribution in [0.3, 0.4) is 0 Å². The van der Waals surface area contributed by atoms with Crippen LogP contribution in [0.4, 0.5) is 0 Å². The third-order valence-electron chi connectivity index (χ3n) is 3.45. The van der Waals surface area contributed by atoms with Gasteiger partial charge in [0.25, 0.3) is 13.6 Å². The number of H-pyrrole nitrogens is 1. The van der Waals surface area contributed by atoms with Gasteiger partial charge in [-0.2, -0.15) is 0 Å². The summed E-state index contributed by atoms with van der Waals surface area (Å²) in [5.41, 5.74) is 0. The van der Waals surface area contributed by atoms with Crippen LogP contribution in [0, 0.1) is 0 Å². The highest BCUT2D eigenvalue weighted by molar-refractivity contribution is 7.45. The van der Waals surface area contributed by atoms with E-state index in [0.717, 1.165) is 32.2 Å². The van der Waals surface area contributed by atoms with E-state index < -0.39 is 7.82 Å². The molecule has 0 fully saturated rings. The van der Waals surface area contributed by atoms with E-state index in [9.17, 15) is 9.46 Å². The molecule has 0 atom stereocenters. The minimum Gasteiger partial charge on any atom is -0.756 e. The van der Waals surface area contributed by atoms with Gasteiger partial charge in [-0.15, -0.1) is 0 Å². The monoisotopic (exact) mass is 362 g/mol. The number of aromatic nitrogens is 2. The first kappa shape index (κ1) is 23.3. The van der Waals surface area contributed by atoms with Crippen LogP contribution in [0.25, 0.3) is 0 Å². The van der Waals surface area contributed by atoms with E-state index in [2.05, 4.69) is 38.6 Å². The number of aryl methyl sites for hydroxylation is 2. The molecule has 0 unspecified atom stereocenters. The van der Waals surface area contributed by atoms with Gasteiger partial charge >= 0.3 is 0 Å². The van der Waals surface area contributed by atoms with Crippen molar-refractivity contribution in [3.05, 3.63) is 18.2 Å². The van der Waals surface area contributed by atoms with Crippen LogP contribution >= 0.6 is 7.82 Å². The third-order valence-corrected chi connectivity index (χ3v) is 4.45. The molecule has 0 aliphatic rings. The maximum absolute atomic E-state index is 11.0. The fourth-order valence-electron chi connectivity index (χ4n) is 1.93. The van der Waals surface area contributed by atoms with Gasteiger partial charge in [0.15, 0.2) is 0 Å². The number of rotatable bonds is 12. The smallest absolute Gasteiger partial charge is 0.267 e. The molecule has 0 aromatic carbocycles. The van der Waals surface area contributed by atoms with Crippen molar-refractivity contribution in [3.63, 3.8) is 0 Å².